The molecule has 0 saturated heterocycles. The summed E-state index contributed by atoms with van der Waals surface area (Å²) in [6.45, 7) is 0. The summed E-state index contributed by atoms with van der Waals surface area (Å²) in [7, 11) is 3.35. The molecule has 5 aromatic rings. The summed E-state index contributed by atoms with van der Waals surface area (Å²) in [6.07, 6.45) is 3.62. The van der Waals surface area contributed by atoms with Gasteiger partial charge in [0.2, 0.25) is 0 Å². The molecule has 3 aromatic heterocycles. The Bertz CT molecular complexity index is 1270. The van der Waals surface area contributed by atoms with Gasteiger partial charge in [0.05, 0.1) is 37.0 Å². The lowest BCUT2D eigenvalue weighted by Crippen LogP contribution is -1.90. The SMILES string of the molecule is COc1cccc(-c2[nH]c(-c3cccc(OC)c3)c(-c3ccccn3)c2-c2ccccn2)c1. The van der Waals surface area contributed by atoms with Gasteiger partial charge in [0.25, 0.3) is 0 Å². The van der Waals surface area contributed by atoms with Crippen molar-refractivity contribution >= 4 is 0 Å². The molecule has 5 nitrogen and oxygen atoms in total. The number of rotatable bonds is 6. The van der Waals surface area contributed by atoms with Gasteiger partial charge in [0.15, 0.2) is 0 Å². The Morgan fingerprint density at radius 1 is 0.576 bits per heavy atom. The van der Waals surface area contributed by atoms with Crippen molar-refractivity contribution in [3.63, 3.8) is 0 Å². The standard InChI is InChI=1S/C28H23N3O2/c1-32-21-11-7-9-19(17-21)27-25(23-13-3-5-15-29-23)26(24-14-4-6-16-30-24)28(31-27)20-10-8-12-22(18-20)33-2/h3-18,31H,1-2H3. The van der Waals surface area contributed by atoms with Gasteiger partial charge in [-0.25, -0.2) is 0 Å². The highest BCUT2D eigenvalue weighted by Gasteiger charge is 2.24. The van der Waals surface area contributed by atoms with Crippen LogP contribution in [0.4, 0.5) is 0 Å². The van der Waals surface area contributed by atoms with E-state index in [0.29, 0.717) is 0 Å². The molecule has 1 N–H and O–H groups in total. The fourth-order valence-corrected chi connectivity index (χ4v) is 4.02. The van der Waals surface area contributed by atoms with E-state index >= 15 is 0 Å². The van der Waals surface area contributed by atoms with Crippen LogP contribution in [0, 0.1) is 0 Å². The molecule has 0 unspecified atom stereocenters. The van der Waals surface area contributed by atoms with Crippen molar-refractivity contribution in [3.8, 4) is 56.5 Å². The molecule has 0 saturated carbocycles. The number of H-pyrrole nitrogens is 1. The smallest absolute Gasteiger partial charge is 0.119 e. The fraction of sp³-hybridized carbons (Fsp3) is 0.0714. The van der Waals surface area contributed by atoms with Crippen LogP contribution in [0.5, 0.6) is 11.5 Å². The van der Waals surface area contributed by atoms with Crippen molar-refractivity contribution in [3.05, 3.63) is 97.3 Å². The van der Waals surface area contributed by atoms with E-state index in [0.717, 1.165) is 56.5 Å². The molecular weight excluding hydrogens is 410 g/mol. The van der Waals surface area contributed by atoms with E-state index in [1.807, 2.05) is 85.2 Å². The first kappa shape index (κ1) is 20.5. The van der Waals surface area contributed by atoms with Gasteiger partial charge in [0, 0.05) is 34.6 Å². The number of hydrogen-bond donors (Lipinski definition) is 1. The zero-order valence-electron chi connectivity index (χ0n) is 18.4. The van der Waals surface area contributed by atoms with Crippen LogP contribution >= 0.6 is 0 Å². The van der Waals surface area contributed by atoms with Gasteiger partial charge < -0.3 is 14.5 Å². The Balaban J connectivity index is 1.87. The van der Waals surface area contributed by atoms with Crippen molar-refractivity contribution in [1.29, 1.82) is 0 Å². The summed E-state index contributed by atoms with van der Waals surface area (Å²) in [5.41, 5.74) is 7.60. The number of nitrogens with one attached hydrogen (secondary N) is 1. The van der Waals surface area contributed by atoms with E-state index in [9.17, 15) is 0 Å². The van der Waals surface area contributed by atoms with Crippen molar-refractivity contribution < 1.29 is 9.47 Å². The molecule has 0 aliphatic carbocycles. The minimum atomic E-state index is 0.788. The maximum atomic E-state index is 5.50. The van der Waals surface area contributed by atoms with Gasteiger partial charge in [-0.3, -0.25) is 9.97 Å². The molecule has 0 fully saturated rings. The molecule has 3 heterocycles. The third-order valence-corrected chi connectivity index (χ3v) is 5.56. The lowest BCUT2D eigenvalue weighted by molar-refractivity contribution is 0.415. The van der Waals surface area contributed by atoms with Crippen LogP contribution in [0.15, 0.2) is 97.3 Å². The van der Waals surface area contributed by atoms with E-state index in [1.54, 1.807) is 14.2 Å². The summed E-state index contributed by atoms with van der Waals surface area (Å²) in [5, 5.41) is 0. The second-order valence-corrected chi connectivity index (χ2v) is 7.52. The Labute approximate surface area is 192 Å². The third-order valence-electron chi connectivity index (χ3n) is 5.56. The van der Waals surface area contributed by atoms with Crippen molar-refractivity contribution in [2.45, 2.75) is 0 Å². The normalized spacial score (nSPS) is 10.7. The molecule has 0 radical (unpaired) electrons. The molecule has 0 spiro atoms. The highest BCUT2D eigenvalue weighted by Crippen LogP contribution is 2.45. The molecule has 2 aromatic carbocycles. The molecule has 0 aliphatic heterocycles. The van der Waals surface area contributed by atoms with Crippen LogP contribution in [0.1, 0.15) is 0 Å². The maximum Gasteiger partial charge on any atom is 0.119 e. The maximum absolute atomic E-state index is 5.50. The molecular formula is C28H23N3O2. The Kier molecular flexibility index (Phi) is 5.60. The average molecular weight is 434 g/mol. The summed E-state index contributed by atoms with van der Waals surface area (Å²) in [6, 6.07) is 27.9. The minimum Gasteiger partial charge on any atom is -0.497 e. The quantitative estimate of drug-likeness (QED) is 0.332. The summed E-state index contributed by atoms with van der Waals surface area (Å²) in [5.74, 6) is 1.58. The largest absolute Gasteiger partial charge is 0.497 e. The van der Waals surface area contributed by atoms with Gasteiger partial charge in [-0.2, -0.15) is 0 Å². The van der Waals surface area contributed by atoms with Gasteiger partial charge >= 0.3 is 0 Å². The summed E-state index contributed by atoms with van der Waals surface area (Å²) in [4.78, 5) is 13.1. The lowest BCUT2D eigenvalue weighted by atomic mass is 9.96. The number of hydrogen-bond acceptors (Lipinski definition) is 4. The van der Waals surface area contributed by atoms with E-state index in [2.05, 4.69) is 17.1 Å². The Morgan fingerprint density at radius 2 is 1.06 bits per heavy atom. The molecule has 0 atom stereocenters. The first-order valence-electron chi connectivity index (χ1n) is 10.7. The number of pyridine rings is 2. The second kappa shape index (κ2) is 9.01. The Morgan fingerprint density at radius 3 is 1.45 bits per heavy atom. The summed E-state index contributed by atoms with van der Waals surface area (Å²) < 4.78 is 11.0. The number of aromatic nitrogens is 3. The molecule has 5 heteroatoms. The minimum absolute atomic E-state index is 0.788. The van der Waals surface area contributed by atoms with Gasteiger partial charge in [0.1, 0.15) is 11.5 Å². The van der Waals surface area contributed by atoms with Gasteiger partial charge in [-0.15, -0.1) is 0 Å². The van der Waals surface area contributed by atoms with Crippen LogP contribution < -0.4 is 9.47 Å². The number of benzene rings is 2. The number of nitrogens with zero attached hydrogens (tertiary/aromatic N) is 2. The highest BCUT2D eigenvalue weighted by molar-refractivity contribution is 5.99. The molecule has 5 rings (SSSR count). The first-order valence-corrected chi connectivity index (χ1v) is 10.7. The lowest BCUT2D eigenvalue weighted by Gasteiger charge is -2.10. The van der Waals surface area contributed by atoms with Crippen LogP contribution in [-0.4, -0.2) is 29.2 Å². The van der Waals surface area contributed by atoms with Crippen LogP contribution in [-0.2, 0) is 0 Å². The number of ether oxygens (including phenoxy) is 2. The van der Waals surface area contributed by atoms with Gasteiger partial charge in [-0.05, 0) is 48.5 Å². The van der Waals surface area contributed by atoms with E-state index in [1.165, 1.54) is 0 Å². The zero-order chi connectivity index (χ0) is 22.6. The number of aromatic amines is 1. The summed E-state index contributed by atoms with van der Waals surface area (Å²) >= 11 is 0. The highest BCUT2D eigenvalue weighted by atomic mass is 16.5. The molecule has 0 amide bonds. The van der Waals surface area contributed by atoms with Crippen LogP contribution in [0.25, 0.3) is 45.0 Å². The van der Waals surface area contributed by atoms with Crippen LogP contribution in [0.2, 0.25) is 0 Å². The predicted molar refractivity (Wildman–Crippen MR) is 131 cm³/mol. The topological polar surface area (TPSA) is 60.0 Å². The van der Waals surface area contributed by atoms with E-state index in [-0.39, 0.29) is 0 Å². The first-order chi connectivity index (χ1) is 16.3. The van der Waals surface area contributed by atoms with Gasteiger partial charge in [-0.1, -0.05) is 36.4 Å². The second-order valence-electron chi connectivity index (χ2n) is 7.52. The molecule has 162 valence electrons. The van der Waals surface area contributed by atoms with Crippen molar-refractivity contribution in [2.75, 3.05) is 14.2 Å². The molecule has 0 bridgehead atoms. The van der Waals surface area contributed by atoms with Crippen molar-refractivity contribution in [2.24, 2.45) is 0 Å². The predicted octanol–water partition coefficient (Wildman–Crippen LogP) is 6.49. The molecule has 0 aliphatic rings. The number of methoxy groups -OCH3 is 2. The van der Waals surface area contributed by atoms with E-state index < -0.39 is 0 Å². The fourth-order valence-electron chi connectivity index (χ4n) is 4.02. The van der Waals surface area contributed by atoms with Crippen LogP contribution in [0.3, 0.4) is 0 Å². The van der Waals surface area contributed by atoms with E-state index in [4.69, 9.17) is 19.4 Å². The zero-order valence-corrected chi connectivity index (χ0v) is 18.4. The van der Waals surface area contributed by atoms with Crippen molar-refractivity contribution in [1.82, 2.24) is 15.0 Å². The third kappa shape index (κ3) is 3.96. The monoisotopic (exact) mass is 433 g/mol. The molecule has 33 heavy (non-hydrogen) atoms. The Hall–Kier alpha value is -4.38. The average Bonchev–Trinajstić information content (AvgIpc) is 3.30.